The second-order valence-electron chi connectivity index (χ2n) is 3.25. The molecule has 0 saturated heterocycles. The van der Waals surface area contributed by atoms with Crippen molar-refractivity contribution in [3.05, 3.63) is 48.0 Å². The lowest BCUT2D eigenvalue weighted by Crippen LogP contribution is -2.08. The van der Waals surface area contributed by atoms with Crippen LogP contribution in [0.2, 0.25) is 0 Å². The van der Waals surface area contributed by atoms with Gasteiger partial charge in [-0.2, -0.15) is 18.3 Å². The average molecular weight is 227 g/mol. The molecule has 3 nitrogen and oxygen atoms in total. The van der Waals surface area contributed by atoms with E-state index in [1.807, 2.05) is 0 Å². The SMILES string of the molecule is FC(F)(F)c1ccn(Cc2ccncc2)n1. The van der Waals surface area contributed by atoms with Gasteiger partial charge in [-0.1, -0.05) is 0 Å². The summed E-state index contributed by atoms with van der Waals surface area (Å²) >= 11 is 0. The van der Waals surface area contributed by atoms with Crippen LogP contribution in [0.3, 0.4) is 0 Å². The Morgan fingerprint density at radius 1 is 1.12 bits per heavy atom. The Kier molecular flexibility index (Phi) is 2.64. The molecule has 2 rings (SSSR count). The first kappa shape index (κ1) is 10.7. The molecule has 0 aliphatic rings. The number of alkyl halides is 3. The highest BCUT2D eigenvalue weighted by Crippen LogP contribution is 2.27. The van der Waals surface area contributed by atoms with Gasteiger partial charge in [0, 0.05) is 18.6 Å². The molecule has 0 unspecified atom stereocenters. The fourth-order valence-corrected chi connectivity index (χ4v) is 1.28. The minimum absolute atomic E-state index is 0.304. The van der Waals surface area contributed by atoms with Crippen LogP contribution >= 0.6 is 0 Å². The summed E-state index contributed by atoms with van der Waals surface area (Å²) in [5.74, 6) is 0. The van der Waals surface area contributed by atoms with E-state index < -0.39 is 11.9 Å². The molecule has 2 aromatic rings. The maximum atomic E-state index is 12.3. The third-order valence-electron chi connectivity index (χ3n) is 2.03. The van der Waals surface area contributed by atoms with Crippen LogP contribution in [-0.4, -0.2) is 14.8 Å². The zero-order valence-corrected chi connectivity index (χ0v) is 8.15. The molecule has 0 N–H and O–H groups in total. The van der Waals surface area contributed by atoms with Crippen molar-refractivity contribution in [2.24, 2.45) is 0 Å². The van der Waals surface area contributed by atoms with Crippen LogP contribution in [0, 0.1) is 0 Å². The van der Waals surface area contributed by atoms with Crippen LogP contribution in [0.5, 0.6) is 0 Å². The molecule has 2 aromatic heterocycles. The third kappa shape index (κ3) is 2.39. The number of hydrogen-bond donors (Lipinski definition) is 0. The average Bonchev–Trinajstić information content (AvgIpc) is 2.67. The fraction of sp³-hybridized carbons (Fsp3) is 0.200. The van der Waals surface area contributed by atoms with Crippen LogP contribution < -0.4 is 0 Å². The molecule has 0 fully saturated rings. The van der Waals surface area contributed by atoms with Gasteiger partial charge in [-0.25, -0.2) is 0 Å². The number of hydrogen-bond acceptors (Lipinski definition) is 2. The summed E-state index contributed by atoms with van der Waals surface area (Å²) in [5.41, 5.74) is -0.0200. The van der Waals surface area contributed by atoms with E-state index in [1.54, 1.807) is 24.5 Å². The Labute approximate surface area is 89.5 Å². The summed E-state index contributed by atoms with van der Waals surface area (Å²) < 4.78 is 38.0. The molecule has 0 aromatic carbocycles. The quantitative estimate of drug-likeness (QED) is 0.788. The largest absolute Gasteiger partial charge is 0.435 e. The molecule has 0 radical (unpaired) electrons. The minimum Gasteiger partial charge on any atom is -0.268 e. The topological polar surface area (TPSA) is 30.7 Å². The number of halogens is 3. The maximum absolute atomic E-state index is 12.3. The van der Waals surface area contributed by atoms with Crippen molar-refractivity contribution in [2.45, 2.75) is 12.7 Å². The van der Waals surface area contributed by atoms with Gasteiger partial charge in [-0.3, -0.25) is 9.67 Å². The molecule has 0 atom stereocenters. The first-order chi connectivity index (χ1) is 7.55. The molecule has 0 spiro atoms. The summed E-state index contributed by atoms with van der Waals surface area (Å²) in [6, 6.07) is 4.42. The van der Waals surface area contributed by atoms with Crippen molar-refractivity contribution in [1.82, 2.24) is 14.8 Å². The van der Waals surface area contributed by atoms with E-state index in [4.69, 9.17) is 0 Å². The van der Waals surface area contributed by atoms with Gasteiger partial charge >= 0.3 is 6.18 Å². The van der Waals surface area contributed by atoms with Crippen molar-refractivity contribution in [2.75, 3.05) is 0 Å². The van der Waals surface area contributed by atoms with Gasteiger partial charge in [0.2, 0.25) is 0 Å². The minimum atomic E-state index is -4.39. The molecule has 16 heavy (non-hydrogen) atoms. The van der Waals surface area contributed by atoms with Crippen LogP contribution in [0.4, 0.5) is 13.2 Å². The van der Waals surface area contributed by atoms with Gasteiger partial charge < -0.3 is 0 Å². The summed E-state index contributed by atoms with van der Waals surface area (Å²) in [5, 5.41) is 3.45. The molecule has 2 heterocycles. The van der Waals surface area contributed by atoms with E-state index in [0.717, 1.165) is 11.6 Å². The van der Waals surface area contributed by atoms with E-state index in [-0.39, 0.29) is 0 Å². The van der Waals surface area contributed by atoms with Gasteiger partial charge in [-0.15, -0.1) is 0 Å². The third-order valence-corrected chi connectivity index (χ3v) is 2.03. The predicted octanol–water partition coefficient (Wildman–Crippen LogP) is 2.35. The highest BCUT2D eigenvalue weighted by atomic mass is 19.4. The monoisotopic (exact) mass is 227 g/mol. The number of aromatic nitrogens is 3. The van der Waals surface area contributed by atoms with Gasteiger partial charge in [0.15, 0.2) is 5.69 Å². The second kappa shape index (κ2) is 3.96. The molecule has 84 valence electrons. The standard InChI is InChI=1S/C10H8F3N3/c11-10(12,13)9-3-6-16(15-9)7-8-1-4-14-5-2-8/h1-6H,7H2. The molecular weight excluding hydrogens is 219 g/mol. The number of pyridine rings is 1. The number of rotatable bonds is 2. The molecule has 0 aliphatic carbocycles. The van der Waals surface area contributed by atoms with Gasteiger partial charge in [0.1, 0.15) is 0 Å². The summed E-state index contributed by atoms with van der Waals surface area (Å²) in [6.45, 7) is 0.304. The van der Waals surface area contributed by atoms with Gasteiger partial charge in [0.05, 0.1) is 6.54 Å². The zero-order chi connectivity index (χ0) is 11.6. The molecule has 0 amide bonds. The van der Waals surface area contributed by atoms with Crippen molar-refractivity contribution in [1.29, 1.82) is 0 Å². The fourth-order valence-electron chi connectivity index (χ4n) is 1.28. The van der Waals surface area contributed by atoms with Crippen LogP contribution in [0.25, 0.3) is 0 Å². The van der Waals surface area contributed by atoms with Gasteiger partial charge in [0.25, 0.3) is 0 Å². The predicted molar refractivity (Wildman–Crippen MR) is 50.6 cm³/mol. The zero-order valence-electron chi connectivity index (χ0n) is 8.15. The Bertz CT molecular complexity index is 462. The van der Waals surface area contributed by atoms with Crippen LogP contribution in [0.1, 0.15) is 11.3 Å². The lowest BCUT2D eigenvalue weighted by molar-refractivity contribution is -0.141. The summed E-state index contributed by atoms with van der Waals surface area (Å²) in [6.07, 6.45) is 0.0970. The summed E-state index contributed by atoms with van der Waals surface area (Å²) in [4.78, 5) is 3.82. The van der Waals surface area contributed by atoms with E-state index >= 15 is 0 Å². The first-order valence-corrected chi connectivity index (χ1v) is 4.55. The normalized spacial score (nSPS) is 11.7. The molecule has 0 aliphatic heterocycles. The van der Waals surface area contributed by atoms with Crippen molar-refractivity contribution in [3.63, 3.8) is 0 Å². The number of nitrogens with zero attached hydrogens (tertiary/aromatic N) is 3. The van der Waals surface area contributed by atoms with Crippen LogP contribution in [0.15, 0.2) is 36.8 Å². The molecular formula is C10H8F3N3. The molecule has 0 bridgehead atoms. The van der Waals surface area contributed by atoms with E-state index in [9.17, 15) is 13.2 Å². The van der Waals surface area contributed by atoms with E-state index in [2.05, 4.69) is 10.1 Å². The first-order valence-electron chi connectivity index (χ1n) is 4.55. The lowest BCUT2D eigenvalue weighted by Gasteiger charge is -2.02. The van der Waals surface area contributed by atoms with Crippen molar-refractivity contribution in [3.8, 4) is 0 Å². The summed E-state index contributed by atoms with van der Waals surface area (Å²) in [7, 11) is 0. The Morgan fingerprint density at radius 2 is 1.81 bits per heavy atom. The highest BCUT2D eigenvalue weighted by Gasteiger charge is 2.33. The Morgan fingerprint density at radius 3 is 2.38 bits per heavy atom. The molecule has 0 saturated carbocycles. The van der Waals surface area contributed by atoms with E-state index in [0.29, 0.717) is 6.54 Å². The van der Waals surface area contributed by atoms with Gasteiger partial charge in [-0.05, 0) is 23.8 Å². The van der Waals surface area contributed by atoms with Crippen molar-refractivity contribution >= 4 is 0 Å². The van der Waals surface area contributed by atoms with Crippen molar-refractivity contribution < 1.29 is 13.2 Å². The second-order valence-corrected chi connectivity index (χ2v) is 3.25. The van der Waals surface area contributed by atoms with Crippen LogP contribution in [-0.2, 0) is 12.7 Å². The Hall–Kier alpha value is -1.85. The smallest absolute Gasteiger partial charge is 0.268 e. The lowest BCUT2D eigenvalue weighted by atomic mass is 10.3. The Balaban J connectivity index is 2.15. The molecule has 6 heteroatoms. The van der Waals surface area contributed by atoms with E-state index in [1.165, 1.54) is 10.9 Å². The highest BCUT2D eigenvalue weighted by molar-refractivity contribution is 5.11. The maximum Gasteiger partial charge on any atom is 0.435 e.